The maximum atomic E-state index is 11.9. The number of carbonyl (C=O) groups excluding carboxylic acids is 3. The quantitative estimate of drug-likeness (QED) is 0.467. The lowest BCUT2D eigenvalue weighted by atomic mass is 10.1. The van der Waals surface area contributed by atoms with Crippen molar-refractivity contribution in [3.05, 3.63) is 24.2 Å². The molecular formula is C13H16N4O4. The summed E-state index contributed by atoms with van der Waals surface area (Å²) in [5, 5.41) is 6.25. The molecule has 1 aliphatic rings. The zero-order chi connectivity index (χ0) is 15.5. The zero-order valence-electron chi connectivity index (χ0n) is 11.8. The van der Waals surface area contributed by atoms with Gasteiger partial charge in [0.15, 0.2) is 0 Å². The minimum Gasteiger partial charge on any atom is -0.463 e. The lowest BCUT2D eigenvalue weighted by molar-refractivity contribution is -0.130. The summed E-state index contributed by atoms with van der Waals surface area (Å²) in [7, 11) is 0. The van der Waals surface area contributed by atoms with E-state index in [1.54, 1.807) is 26.0 Å². The zero-order valence-corrected chi connectivity index (χ0v) is 11.8. The first kappa shape index (κ1) is 14.8. The van der Waals surface area contributed by atoms with E-state index in [0.717, 1.165) is 4.90 Å². The van der Waals surface area contributed by atoms with Crippen molar-refractivity contribution in [2.45, 2.75) is 25.8 Å². The van der Waals surface area contributed by atoms with Crippen LogP contribution in [0.1, 0.15) is 26.0 Å². The standard InChI is InChI=1S/C13H16N4O4/c1-13(2)11(19)17(12(20)15-13)6-5-10(18)16-14-8-9-4-3-7-21-9/h3-4,7-8H,5-6H2,1-2H3,(H,15,20)(H,16,18)/b14-8-. The fourth-order valence-electron chi connectivity index (χ4n) is 1.82. The molecule has 8 nitrogen and oxygen atoms in total. The van der Waals surface area contributed by atoms with Crippen molar-refractivity contribution in [1.82, 2.24) is 15.6 Å². The van der Waals surface area contributed by atoms with Gasteiger partial charge in [-0.3, -0.25) is 14.5 Å². The monoisotopic (exact) mass is 292 g/mol. The number of urea groups is 1. The molecule has 1 aromatic rings. The maximum absolute atomic E-state index is 11.9. The van der Waals surface area contributed by atoms with Gasteiger partial charge in [0.05, 0.1) is 12.5 Å². The van der Waals surface area contributed by atoms with Crippen molar-refractivity contribution in [3.63, 3.8) is 0 Å². The third-order valence-electron chi connectivity index (χ3n) is 2.93. The third kappa shape index (κ3) is 3.47. The van der Waals surface area contributed by atoms with E-state index in [-0.39, 0.29) is 18.9 Å². The Morgan fingerprint density at radius 1 is 1.52 bits per heavy atom. The topological polar surface area (TPSA) is 104 Å². The molecule has 0 spiro atoms. The smallest absolute Gasteiger partial charge is 0.325 e. The van der Waals surface area contributed by atoms with Crippen molar-refractivity contribution < 1.29 is 18.8 Å². The summed E-state index contributed by atoms with van der Waals surface area (Å²) in [6.45, 7) is 3.23. The number of hydrazone groups is 1. The van der Waals surface area contributed by atoms with Crippen LogP contribution in [0.5, 0.6) is 0 Å². The number of rotatable bonds is 5. The number of carbonyl (C=O) groups is 3. The van der Waals surface area contributed by atoms with Crippen LogP contribution in [0.4, 0.5) is 4.79 Å². The molecular weight excluding hydrogens is 276 g/mol. The number of hydrogen-bond acceptors (Lipinski definition) is 5. The third-order valence-corrected chi connectivity index (χ3v) is 2.93. The van der Waals surface area contributed by atoms with E-state index in [1.165, 1.54) is 12.5 Å². The largest absolute Gasteiger partial charge is 0.463 e. The number of hydrogen-bond donors (Lipinski definition) is 2. The van der Waals surface area contributed by atoms with E-state index in [9.17, 15) is 14.4 Å². The van der Waals surface area contributed by atoms with Gasteiger partial charge >= 0.3 is 6.03 Å². The Labute approximate surface area is 121 Å². The van der Waals surface area contributed by atoms with E-state index in [0.29, 0.717) is 5.76 Å². The molecule has 4 amide bonds. The fourth-order valence-corrected chi connectivity index (χ4v) is 1.82. The van der Waals surface area contributed by atoms with Gasteiger partial charge in [0.25, 0.3) is 5.91 Å². The Kier molecular flexibility index (Phi) is 4.06. The molecule has 1 aromatic heterocycles. The average Bonchev–Trinajstić information content (AvgIpc) is 2.97. The highest BCUT2D eigenvalue weighted by Crippen LogP contribution is 2.16. The van der Waals surface area contributed by atoms with Crippen LogP contribution in [0, 0.1) is 0 Å². The van der Waals surface area contributed by atoms with Crippen LogP contribution in [0.25, 0.3) is 0 Å². The minimum absolute atomic E-state index is 0.0101. The first-order chi connectivity index (χ1) is 9.90. The lowest BCUT2D eigenvalue weighted by Crippen LogP contribution is -2.40. The summed E-state index contributed by atoms with van der Waals surface area (Å²) in [6, 6.07) is 2.89. The van der Waals surface area contributed by atoms with Crippen LogP contribution in [0.15, 0.2) is 27.9 Å². The number of imide groups is 1. The molecule has 21 heavy (non-hydrogen) atoms. The summed E-state index contributed by atoms with van der Waals surface area (Å²) in [4.78, 5) is 36.1. The molecule has 112 valence electrons. The van der Waals surface area contributed by atoms with Gasteiger partial charge in [-0.15, -0.1) is 0 Å². The molecule has 2 heterocycles. The van der Waals surface area contributed by atoms with Gasteiger partial charge in [0.1, 0.15) is 11.3 Å². The van der Waals surface area contributed by atoms with E-state index in [1.807, 2.05) is 0 Å². The number of nitrogens with zero attached hydrogens (tertiary/aromatic N) is 2. The first-order valence-corrected chi connectivity index (χ1v) is 6.40. The Hall–Kier alpha value is -2.64. The number of amides is 4. The van der Waals surface area contributed by atoms with Gasteiger partial charge in [-0.05, 0) is 26.0 Å². The predicted molar refractivity (Wildman–Crippen MR) is 73.4 cm³/mol. The maximum Gasteiger partial charge on any atom is 0.325 e. The molecule has 0 saturated carbocycles. The molecule has 2 N–H and O–H groups in total. The molecule has 1 aliphatic heterocycles. The predicted octanol–water partition coefficient (Wildman–Crippen LogP) is 0.450. The first-order valence-electron chi connectivity index (χ1n) is 6.40. The highest BCUT2D eigenvalue weighted by Gasteiger charge is 2.43. The lowest BCUT2D eigenvalue weighted by Gasteiger charge is -2.15. The Bertz CT molecular complexity index is 577. The second kappa shape index (κ2) is 5.78. The molecule has 0 aliphatic carbocycles. The van der Waals surface area contributed by atoms with Crippen molar-refractivity contribution in [1.29, 1.82) is 0 Å². The molecule has 0 radical (unpaired) electrons. The number of nitrogens with one attached hydrogen (secondary N) is 2. The second-order valence-electron chi connectivity index (χ2n) is 5.07. The summed E-state index contributed by atoms with van der Waals surface area (Å²) in [5.74, 6) is -0.242. The Balaban J connectivity index is 1.79. The average molecular weight is 292 g/mol. The van der Waals surface area contributed by atoms with Crippen LogP contribution < -0.4 is 10.7 Å². The molecule has 8 heteroatoms. The van der Waals surface area contributed by atoms with Gasteiger partial charge in [-0.2, -0.15) is 5.10 Å². The van der Waals surface area contributed by atoms with E-state index in [2.05, 4.69) is 15.8 Å². The summed E-state index contributed by atoms with van der Waals surface area (Å²) in [5.41, 5.74) is 1.37. The molecule has 0 aromatic carbocycles. The SMILES string of the molecule is CC1(C)NC(=O)N(CCC(=O)N/N=C\c2ccco2)C1=O. The van der Waals surface area contributed by atoms with Gasteiger partial charge in [-0.25, -0.2) is 10.2 Å². The van der Waals surface area contributed by atoms with Crippen LogP contribution >= 0.6 is 0 Å². The Morgan fingerprint density at radius 3 is 2.86 bits per heavy atom. The molecule has 0 unspecified atom stereocenters. The van der Waals surface area contributed by atoms with Crippen LogP contribution in [0.2, 0.25) is 0 Å². The van der Waals surface area contributed by atoms with Crippen LogP contribution in [-0.4, -0.2) is 41.0 Å². The van der Waals surface area contributed by atoms with Gasteiger partial charge in [-0.1, -0.05) is 0 Å². The summed E-state index contributed by atoms with van der Waals surface area (Å²) >= 11 is 0. The van der Waals surface area contributed by atoms with Gasteiger partial charge < -0.3 is 9.73 Å². The molecule has 0 bridgehead atoms. The van der Waals surface area contributed by atoms with E-state index in [4.69, 9.17) is 4.42 Å². The Morgan fingerprint density at radius 2 is 2.29 bits per heavy atom. The fraction of sp³-hybridized carbons (Fsp3) is 0.385. The van der Waals surface area contributed by atoms with Gasteiger partial charge in [0, 0.05) is 13.0 Å². The van der Waals surface area contributed by atoms with Gasteiger partial charge in [0.2, 0.25) is 5.91 Å². The highest BCUT2D eigenvalue weighted by molar-refractivity contribution is 6.06. The summed E-state index contributed by atoms with van der Waals surface area (Å²) < 4.78 is 5.00. The van der Waals surface area contributed by atoms with Crippen molar-refractivity contribution >= 4 is 24.1 Å². The summed E-state index contributed by atoms with van der Waals surface area (Å²) in [6.07, 6.45) is 2.82. The highest BCUT2D eigenvalue weighted by atomic mass is 16.3. The molecule has 2 rings (SSSR count). The molecule has 0 atom stereocenters. The van der Waals surface area contributed by atoms with Crippen molar-refractivity contribution in [2.24, 2.45) is 5.10 Å². The number of furan rings is 1. The van der Waals surface area contributed by atoms with E-state index >= 15 is 0 Å². The second-order valence-corrected chi connectivity index (χ2v) is 5.07. The van der Waals surface area contributed by atoms with Crippen LogP contribution in [0.3, 0.4) is 0 Å². The minimum atomic E-state index is -0.926. The normalized spacial score (nSPS) is 17.3. The van der Waals surface area contributed by atoms with Crippen molar-refractivity contribution in [2.75, 3.05) is 6.54 Å². The molecule has 1 fully saturated rings. The van der Waals surface area contributed by atoms with E-state index < -0.39 is 17.5 Å². The van der Waals surface area contributed by atoms with Crippen LogP contribution in [-0.2, 0) is 9.59 Å². The molecule has 1 saturated heterocycles. The van der Waals surface area contributed by atoms with Crippen molar-refractivity contribution in [3.8, 4) is 0 Å².